The maximum atomic E-state index is 6.72. The van der Waals surface area contributed by atoms with Crippen molar-refractivity contribution >= 4 is 16.2 Å². The molecule has 2 saturated heterocycles. The van der Waals surface area contributed by atoms with Crippen LogP contribution in [0, 0.1) is 0 Å². The third-order valence-corrected chi connectivity index (χ3v) is 10.6. The van der Waals surface area contributed by atoms with E-state index in [-0.39, 0.29) is 35.6 Å². The summed E-state index contributed by atoms with van der Waals surface area (Å²) in [5.74, 6) is 0. The molecule has 5 atom stereocenters. The van der Waals surface area contributed by atoms with Crippen molar-refractivity contribution in [2.24, 2.45) is 0 Å². The fraction of sp³-hybridized carbons (Fsp3) is 0.714. The largest absolute Gasteiger partial charge is 0.409 e. The lowest BCUT2D eigenvalue weighted by Crippen LogP contribution is -2.57. The summed E-state index contributed by atoms with van der Waals surface area (Å²) in [5, 5.41) is 2.09. The molecule has 0 amide bonds. The molecule has 3 rings (SSSR count). The third kappa shape index (κ3) is 5.07. The van der Waals surface area contributed by atoms with Gasteiger partial charge in [0.2, 0.25) is 0 Å². The predicted octanol–water partition coefficient (Wildman–Crippen LogP) is 3.84. The standard InChI is InChI=1S/C21H34BNO4Si/c1-15-24-14-18(27-28(5,6)21(2,3)4)20(25-15)17-12-19(22)26-23(17)13-16-10-8-7-9-11-16/h7-11,15,17-20H,12-14H2,1-6H3/t15-,17+,18+,19-,20+/m0/s1. The van der Waals surface area contributed by atoms with Crippen molar-refractivity contribution in [2.45, 2.75) is 89.3 Å². The third-order valence-electron chi connectivity index (χ3n) is 6.14. The number of rotatable bonds is 5. The van der Waals surface area contributed by atoms with Crippen molar-refractivity contribution in [3.63, 3.8) is 0 Å². The Labute approximate surface area is 172 Å². The summed E-state index contributed by atoms with van der Waals surface area (Å²) in [7, 11) is 4.20. The monoisotopic (exact) mass is 403 g/mol. The fourth-order valence-corrected chi connectivity index (χ4v) is 4.85. The molecule has 0 aromatic heterocycles. The summed E-state index contributed by atoms with van der Waals surface area (Å²) in [6.45, 7) is 14.4. The molecule has 0 spiro atoms. The van der Waals surface area contributed by atoms with Gasteiger partial charge in [0, 0.05) is 12.5 Å². The SMILES string of the molecule is [B][C@@H]1C[C@H]([C@H]2O[C@@H](C)OC[C@H]2O[Si](C)(C)C(C)(C)C)N(Cc2ccccc2)O1. The average molecular weight is 403 g/mol. The number of hydrogen-bond donors (Lipinski definition) is 0. The van der Waals surface area contributed by atoms with Crippen LogP contribution in [-0.2, 0) is 25.3 Å². The molecule has 0 N–H and O–H groups in total. The fourth-order valence-electron chi connectivity index (χ4n) is 3.53. The first-order chi connectivity index (χ1) is 13.1. The van der Waals surface area contributed by atoms with Crippen LogP contribution in [-0.4, -0.2) is 58.4 Å². The van der Waals surface area contributed by atoms with E-state index in [1.807, 2.05) is 30.2 Å². The van der Waals surface area contributed by atoms with Crippen molar-refractivity contribution < 1.29 is 18.7 Å². The summed E-state index contributed by atoms with van der Waals surface area (Å²) >= 11 is 0. The van der Waals surface area contributed by atoms with Gasteiger partial charge in [0.25, 0.3) is 0 Å². The van der Waals surface area contributed by atoms with Gasteiger partial charge < -0.3 is 18.7 Å². The van der Waals surface area contributed by atoms with Gasteiger partial charge in [-0.15, -0.1) is 0 Å². The Balaban J connectivity index is 1.79. The highest BCUT2D eigenvalue weighted by Gasteiger charge is 2.48. The van der Waals surface area contributed by atoms with Crippen LogP contribution < -0.4 is 0 Å². The Morgan fingerprint density at radius 3 is 2.54 bits per heavy atom. The molecule has 5 nitrogen and oxygen atoms in total. The highest BCUT2D eigenvalue weighted by molar-refractivity contribution is 6.74. The molecule has 0 unspecified atom stereocenters. The zero-order valence-electron chi connectivity index (χ0n) is 18.1. The van der Waals surface area contributed by atoms with E-state index in [2.05, 4.69) is 46.0 Å². The summed E-state index contributed by atoms with van der Waals surface area (Å²) in [6.07, 6.45) is 0.172. The van der Waals surface area contributed by atoms with Gasteiger partial charge in [-0.1, -0.05) is 51.1 Å². The molecule has 0 aliphatic carbocycles. The molecule has 2 aliphatic heterocycles. The Morgan fingerprint density at radius 1 is 1.21 bits per heavy atom. The number of benzene rings is 1. The predicted molar refractivity (Wildman–Crippen MR) is 113 cm³/mol. The topological polar surface area (TPSA) is 40.2 Å². The molecule has 1 aromatic rings. The average Bonchev–Trinajstić information content (AvgIpc) is 2.96. The van der Waals surface area contributed by atoms with Gasteiger partial charge in [-0.25, -0.2) is 0 Å². The second-order valence-electron chi connectivity index (χ2n) is 9.43. The van der Waals surface area contributed by atoms with E-state index in [0.717, 1.165) is 0 Å². The van der Waals surface area contributed by atoms with Gasteiger partial charge in [-0.2, -0.15) is 5.06 Å². The maximum absolute atomic E-state index is 6.72. The molecular formula is C21H34BNO4Si. The van der Waals surface area contributed by atoms with Crippen molar-refractivity contribution in [1.29, 1.82) is 0 Å². The smallest absolute Gasteiger partial charge is 0.192 e. The maximum Gasteiger partial charge on any atom is 0.192 e. The number of nitrogens with zero attached hydrogens (tertiary/aromatic N) is 1. The van der Waals surface area contributed by atoms with Crippen molar-refractivity contribution in [3.05, 3.63) is 35.9 Å². The molecular weight excluding hydrogens is 369 g/mol. The van der Waals surface area contributed by atoms with E-state index in [4.69, 9.17) is 26.6 Å². The van der Waals surface area contributed by atoms with E-state index >= 15 is 0 Å². The zero-order chi connectivity index (χ0) is 20.5. The van der Waals surface area contributed by atoms with E-state index in [1.165, 1.54) is 5.56 Å². The van der Waals surface area contributed by atoms with Crippen LogP contribution in [0.1, 0.15) is 39.7 Å². The molecule has 2 aliphatic rings. The molecule has 2 radical (unpaired) electrons. The van der Waals surface area contributed by atoms with Crippen molar-refractivity contribution in [2.75, 3.05) is 6.61 Å². The molecule has 7 heteroatoms. The lowest BCUT2D eigenvalue weighted by atomic mass is 9.90. The molecule has 0 saturated carbocycles. The molecule has 0 bridgehead atoms. The Morgan fingerprint density at radius 2 is 1.89 bits per heavy atom. The first-order valence-electron chi connectivity index (χ1n) is 10.2. The second-order valence-corrected chi connectivity index (χ2v) is 14.2. The molecule has 28 heavy (non-hydrogen) atoms. The van der Waals surface area contributed by atoms with Gasteiger partial charge in [0.1, 0.15) is 14.0 Å². The number of hydrogen-bond acceptors (Lipinski definition) is 5. The molecule has 1 aromatic carbocycles. The lowest BCUT2D eigenvalue weighted by molar-refractivity contribution is -0.270. The van der Waals surface area contributed by atoms with Gasteiger partial charge in [0.05, 0.1) is 18.8 Å². The van der Waals surface area contributed by atoms with Crippen LogP contribution in [0.15, 0.2) is 30.3 Å². The summed E-state index contributed by atoms with van der Waals surface area (Å²) in [5.41, 5.74) is 1.18. The highest BCUT2D eigenvalue weighted by Crippen LogP contribution is 2.40. The van der Waals surface area contributed by atoms with Gasteiger partial charge >= 0.3 is 0 Å². The van der Waals surface area contributed by atoms with E-state index < -0.39 is 8.32 Å². The highest BCUT2D eigenvalue weighted by atomic mass is 28.4. The Hall–Kier alpha value is -0.698. The molecule has 154 valence electrons. The Bertz CT molecular complexity index is 639. The van der Waals surface area contributed by atoms with Crippen LogP contribution in [0.3, 0.4) is 0 Å². The van der Waals surface area contributed by atoms with E-state index in [9.17, 15) is 0 Å². The first kappa shape index (κ1) is 22.0. The minimum Gasteiger partial charge on any atom is -0.409 e. The number of ether oxygens (including phenoxy) is 2. The van der Waals surface area contributed by atoms with Crippen LogP contribution in [0.4, 0.5) is 0 Å². The van der Waals surface area contributed by atoms with Crippen LogP contribution >= 0.6 is 0 Å². The minimum atomic E-state index is -1.97. The summed E-state index contributed by atoms with van der Waals surface area (Å²) in [4.78, 5) is 5.96. The van der Waals surface area contributed by atoms with E-state index in [0.29, 0.717) is 19.6 Å². The van der Waals surface area contributed by atoms with E-state index in [1.54, 1.807) is 0 Å². The van der Waals surface area contributed by atoms with Crippen LogP contribution in [0.2, 0.25) is 18.1 Å². The quantitative estimate of drug-likeness (QED) is 0.699. The van der Waals surface area contributed by atoms with Crippen molar-refractivity contribution in [1.82, 2.24) is 5.06 Å². The second kappa shape index (κ2) is 8.58. The lowest BCUT2D eigenvalue weighted by Gasteiger charge is -2.46. The normalized spacial score (nSPS) is 32.6. The Kier molecular flexibility index (Phi) is 6.74. The molecule has 2 heterocycles. The molecule has 2 fully saturated rings. The van der Waals surface area contributed by atoms with Crippen LogP contribution in [0.25, 0.3) is 0 Å². The minimum absolute atomic E-state index is 0.0244. The van der Waals surface area contributed by atoms with Gasteiger partial charge in [-0.3, -0.25) is 0 Å². The van der Waals surface area contributed by atoms with Crippen LogP contribution in [0.5, 0.6) is 0 Å². The summed E-state index contributed by atoms with van der Waals surface area (Å²) < 4.78 is 18.8. The number of hydroxylamine groups is 2. The van der Waals surface area contributed by atoms with Gasteiger partial charge in [-0.05, 0) is 37.0 Å². The van der Waals surface area contributed by atoms with Gasteiger partial charge in [0.15, 0.2) is 14.6 Å². The zero-order valence-corrected chi connectivity index (χ0v) is 19.1. The van der Waals surface area contributed by atoms with Crippen molar-refractivity contribution in [3.8, 4) is 0 Å². The first-order valence-corrected chi connectivity index (χ1v) is 13.2. The summed E-state index contributed by atoms with van der Waals surface area (Å²) in [6, 6.07) is 9.99.